The molecule has 0 aliphatic carbocycles. The van der Waals surface area contributed by atoms with Crippen molar-refractivity contribution in [2.24, 2.45) is 7.05 Å². The van der Waals surface area contributed by atoms with Crippen LogP contribution in [0.25, 0.3) is 0 Å². The van der Waals surface area contributed by atoms with Gasteiger partial charge in [0, 0.05) is 44.6 Å². The van der Waals surface area contributed by atoms with Crippen LogP contribution >= 0.6 is 0 Å². The van der Waals surface area contributed by atoms with Gasteiger partial charge in [-0.05, 0) is 31.0 Å². The van der Waals surface area contributed by atoms with Gasteiger partial charge in [-0.15, -0.1) is 10.2 Å². The van der Waals surface area contributed by atoms with Gasteiger partial charge in [0.15, 0.2) is 5.82 Å². The zero-order valence-corrected chi connectivity index (χ0v) is 15.2. The Bertz CT molecular complexity index is 916. The number of hydrogen-bond donors (Lipinski definition) is 1. The second kappa shape index (κ2) is 7.18. The number of pyridine rings is 1. The van der Waals surface area contributed by atoms with E-state index in [0.29, 0.717) is 24.5 Å². The first kappa shape index (κ1) is 17.2. The van der Waals surface area contributed by atoms with Gasteiger partial charge in [0.2, 0.25) is 0 Å². The molecule has 0 aromatic carbocycles. The Hall–Kier alpha value is -3.23. The van der Waals surface area contributed by atoms with Crippen LogP contribution in [0.5, 0.6) is 0 Å². The van der Waals surface area contributed by atoms with Crippen molar-refractivity contribution in [3.8, 4) is 0 Å². The van der Waals surface area contributed by atoms with Crippen molar-refractivity contribution < 1.29 is 4.79 Å². The number of nitrogen functional groups attached to an aromatic ring is 1. The van der Waals surface area contributed by atoms with E-state index in [1.165, 1.54) is 6.20 Å². The van der Waals surface area contributed by atoms with Crippen LogP contribution in [0.15, 0.2) is 36.8 Å². The molecule has 140 valence electrons. The summed E-state index contributed by atoms with van der Waals surface area (Å²) in [5.74, 6) is 2.30. The predicted octanol–water partition coefficient (Wildman–Crippen LogP) is 1.06. The third kappa shape index (κ3) is 3.53. The average Bonchev–Trinajstić information content (AvgIpc) is 3.33. The van der Waals surface area contributed by atoms with Gasteiger partial charge in [0.05, 0.1) is 5.56 Å². The zero-order chi connectivity index (χ0) is 18.8. The van der Waals surface area contributed by atoms with Crippen molar-refractivity contribution in [3.05, 3.63) is 54.0 Å². The SMILES string of the molecule is Cn1c(Cn2cccn2)nnc1[C@H]1CCCN(C(=O)c2ccc(N)nc2)C1. The second-order valence-corrected chi connectivity index (χ2v) is 6.80. The summed E-state index contributed by atoms with van der Waals surface area (Å²) in [6.07, 6.45) is 7.09. The Morgan fingerprint density at radius 3 is 2.96 bits per heavy atom. The van der Waals surface area contributed by atoms with Crippen LogP contribution in [0, 0.1) is 0 Å². The number of anilines is 1. The lowest BCUT2D eigenvalue weighted by molar-refractivity contribution is 0.0703. The number of nitrogens with zero attached hydrogens (tertiary/aromatic N) is 7. The summed E-state index contributed by atoms with van der Waals surface area (Å²) in [6, 6.07) is 5.26. The maximum absolute atomic E-state index is 12.8. The Morgan fingerprint density at radius 1 is 1.33 bits per heavy atom. The van der Waals surface area contributed by atoms with E-state index in [4.69, 9.17) is 5.73 Å². The number of amides is 1. The average molecular weight is 366 g/mol. The number of carbonyl (C=O) groups is 1. The van der Waals surface area contributed by atoms with Gasteiger partial charge in [0.25, 0.3) is 5.91 Å². The van der Waals surface area contributed by atoms with E-state index >= 15 is 0 Å². The predicted molar refractivity (Wildman–Crippen MR) is 98.9 cm³/mol. The van der Waals surface area contributed by atoms with Crippen molar-refractivity contribution in [3.63, 3.8) is 0 Å². The molecule has 0 bridgehead atoms. The Kier molecular flexibility index (Phi) is 4.57. The minimum absolute atomic E-state index is 0.0221. The van der Waals surface area contributed by atoms with Crippen molar-refractivity contribution in [1.29, 1.82) is 0 Å². The molecule has 1 fully saturated rings. The molecular formula is C18H22N8O. The minimum atomic E-state index is -0.0221. The molecule has 0 saturated carbocycles. The molecule has 1 aliphatic heterocycles. The van der Waals surface area contributed by atoms with E-state index < -0.39 is 0 Å². The topological polar surface area (TPSA) is 108 Å². The number of aromatic nitrogens is 6. The number of carbonyl (C=O) groups excluding carboxylic acids is 1. The first-order valence-electron chi connectivity index (χ1n) is 8.98. The number of likely N-dealkylation sites (tertiary alicyclic amines) is 1. The van der Waals surface area contributed by atoms with Gasteiger partial charge in [0.1, 0.15) is 18.2 Å². The van der Waals surface area contributed by atoms with Crippen LogP contribution < -0.4 is 5.73 Å². The molecule has 0 radical (unpaired) electrons. The van der Waals surface area contributed by atoms with Gasteiger partial charge < -0.3 is 15.2 Å². The fraction of sp³-hybridized carbons (Fsp3) is 0.389. The molecule has 4 heterocycles. The Balaban J connectivity index is 1.49. The smallest absolute Gasteiger partial charge is 0.255 e. The highest BCUT2D eigenvalue weighted by Crippen LogP contribution is 2.26. The van der Waals surface area contributed by atoms with E-state index in [1.54, 1.807) is 18.3 Å². The number of nitrogens with two attached hydrogens (primary N) is 1. The van der Waals surface area contributed by atoms with Gasteiger partial charge >= 0.3 is 0 Å². The zero-order valence-electron chi connectivity index (χ0n) is 15.2. The molecule has 0 unspecified atom stereocenters. The largest absolute Gasteiger partial charge is 0.384 e. The molecule has 0 spiro atoms. The van der Waals surface area contributed by atoms with Crippen molar-refractivity contribution in [1.82, 2.24) is 34.4 Å². The van der Waals surface area contributed by atoms with Gasteiger partial charge in [-0.1, -0.05) is 0 Å². The van der Waals surface area contributed by atoms with Crippen LogP contribution in [-0.2, 0) is 13.6 Å². The molecule has 1 atom stereocenters. The molecule has 3 aromatic heterocycles. The highest BCUT2D eigenvalue weighted by atomic mass is 16.2. The highest BCUT2D eigenvalue weighted by Gasteiger charge is 2.29. The summed E-state index contributed by atoms with van der Waals surface area (Å²) in [5.41, 5.74) is 6.17. The summed E-state index contributed by atoms with van der Waals surface area (Å²) in [5, 5.41) is 12.9. The van der Waals surface area contributed by atoms with Crippen LogP contribution in [-0.4, -0.2) is 53.4 Å². The third-order valence-corrected chi connectivity index (χ3v) is 4.97. The molecule has 1 saturated heterocycles. The lowest BCUT2D eigenvalue weighted by Crippen LogP contribution is -2.39. The quantitative estimate of drug-likeness (QED) is 0.740. The summed E-state index contributed by atoms with van der Waals surface area (Å²) < 4.78 is 3.84. The Morgan fingerprint density at radius 2 is 2.22 bits per heavy atom. The van der Waals surface area contributed by atoms with Crippen molar-refractivity contribution >= 4 is 11.7 Å². The molecule has 9 heteroatoms. The monoisotopic (exact) mass is 366 g/mol. The van der Waals surface area contributed by atoms with Crippen molar-refractivity contribution in [2.45, 2.75) is 25.3 Å². The molecule has 3 aromatic rings. The number of hydrogen-bond acceptors (Lipinski definition) is 6. The van der Waals surface area contributed by atoms with Crippen LogP contribution in [0.3, 0.4) is 0 Å². The van der Waals surface area contributed by atoms with Crippen LogP contribution in [0.4, 0.5) is 5.82 Å². The summed E-state index contributed by atoms with van der Waals surface area (Å²) in [6.45, 7) is 1.93. The summed E-state index contributed by atoms with van der Waals surface area (Å²) in [7, 11) is 1.97. The molecule has 1 aliphatic rings. The molecule has 1 amide bonds. The standard InChI is InChI=1S/C18H22N8O/c1-24-16(12-26-9-3-7-21-26)22-23-17(24)14-4-2-8-25(11-14)18(27)13-5-6-15(19)20-10-13/h3,5-7,9-10,14H,2,4,8,11-12H2,1H3,(H2,19,20)/t14-/m0/s1. The van der Waals surface area contributed by atoms with Crippen LogP contribution in [0.2, 0.25) is 0 Å². The molecule has 4 rings (SSSR count). The maximum Gasteiger partial charge on any atom is 0.255 e. The first-order valence-corrected chi connectivity index (χ1v) is 8.98. The van der Waals surface area contributed by atoms with E-state index in [2.05, 4.69) is 20.3 Å². The fourth-order valence-electron chi connectivity index (χ4n) is 3.49. The van der Waals surface area contributed by atoms with Gasteiger partial charge in [-0.25, -0.2) is 4.98 Å². The van der Waals surface area contributed by atoms with Gasteiger partial charge in [-0.3, -0.25) is 9.48 Å². The van der Waals surface area contributed by atoms with E-state index in [9.17, 15) is 4.79 Å². The van der Waals surface area contributed by atoms with Crippen LogP contribution in [0.1, 0.15) is 40.8 Å². The highest BCUT2D eigenvalue weighted by molar-refractivity contribution is 5.94. The molecule has 2 N–H and O–H groups in total. The fourth-order valence-corrected chi connectivity index (χ4v) is 3.49. The molecule has 27 heavy (non-hydrogen) atoms. The molecular weight excluding hydrogens is 344 g/mol. The lowest BCUT2D eigenvalue weighted by Gasteiger charge is -2.32. The number of rotatable bonds is 4. The maximum atomic E-state index is 12.8. The summed E-state index contributed by atoms with van der Waals surface area (Å²) >= 11 is 0. The Labute approximate surface area is 156 Å². The number of piperidine rings is 1. The summed E-state index contributed by atoms with van der Waals surface area (Å²) in [4.78, 5) is 18.7. The third-order valence-electron chi connectivity index (χ3n) is 4.97. The lowest BCUT2D eigenvalue weighted by atomic mass is 9.96. The van der Waals surface area contributed by atoms with E-state index in [0.717, 1.165) is 31.0 Å². The molecule has 9 nitrogen and oxygen atoms in total. The van der Waals surface area contributed by atoms with Gasteiger partial charge in [-0.2, -0.15) is 5.10 Å². The van der Waals surface area contributed by atoms with E-state index in [1.807, 2.05) is 33.5 Å². The minimum Gasteiger partial charge on any atom is -0.384 e. The van der Waals surface area contributed by atoms with E-state index in [-0.39, 0.29) is 11.8 Å². The first-order chi connectivity index (χ1) is 13.1. The van der Waals surface area contributed by atoms with Crippen molar-refractivity contribution in [2.75, 3.05) is 18.8 Å². The normalized spacial score (nSPS) is 17.2. The second-order valence-electron chi connectivity index (χ2n) is 6.80.